The van der Waals surface area contributed by atoms with Gasteiger partial charge in [0.05, 0.1) is 27.9 Å². The SMILES string of the molecule is CC[Si](CC)(CC)OC(CNC1CC(OC(C)(C)C)C1)c1c(Cl)cncc1Cl. The van der Waals surface area contributed by atoms with E-state index in [1.165, 1.54) is 0 Å². The van der Waals surface area contributed by atoms with Crippen LogP contribution >= 0.6 is 23.2 Å². The highest BCUT2D eigenvalue weighted by Gasteiger charge is 2.36. The molecule has 1 saturated carbocycles. The van der Waals surface area contributed by atoms with E-state index in [9.17, 15) is 0 Å². The van der Waals surface area contributed by atoms with E-state index in [1.807, 2.05) is 0 Å². The fourth-order valence-electron chi connectivity index (χ4n) is 3.84. The van der Waals surface area contributed by atoms with Crippen LogP contribution < -0.4 is 5.32 Å². The van der Waals surface area contributed by atoms with Crippen molar-refractivity contribution in [1.82, 2.24) is 10.3 Å². The molecule has 0 spiro atoms. The highest BCUT2D eigenvalue weighted by Crippen LogP contribution is 2.37. The van der Waals surface area contributed by atoms with Gasteiger partial charge >= 0.3 is 0 Å². The largest absolute Gasteiger partial charge is 0.409 e. The number of aromatic nitrogens is 1. The third-order valence-corrected chi connectivity index (χ3v) is 11.0. The van der Waals surface area contributed by atoms with Gasteiger partial charge in [0.1, 0.15) is 0 Å². The molecule has 1 aromatic heterocycles. The maximum Gasteiger partial charge on any atom is 0.192 e. The molecule has 1 atom stereocenters. The molecule has 1 N–H and O–H groups in total. The molecule has 0 saturated heterocycles. The van der Waals surface area contributed by atoms with Crippen molar-refractivity contribution >= 4 is 31.5 Å². The van der Waals surface area contributed by atoms with Crippen molar-refractivity contribution in [2.45, 2.75) is 96.4 Å². The highest BCUT2D eigenvalue weighted by atomic mass is 35.5. The summed E-state index contributed by atoms with van der Waals surface area (Å²) in [6.07, 6.45) is 5.54. The lowest BCUT2D eigenvalue weighted by atomic mass is 9.88. The van der Waals surface area contributed by atoms with E-state index in [4.69, 9.17) is 32.4 Å². The van der Waals surface area contributed by atoms with Crippen molar-refractivity contribution in [1.29, 1.82) is 0 Å². The molecule has 0 aliphatic heterocycles. The first kappa shape index (κ1) is 24.1. The van der Waals surface area contributed by atoms with Crippen LogP contribution in [-0.4, -0.2) is 37.6 Å². The summed E-state index contributed by atoms with van der Waals surface area (Å²) < 4.78 is 12.9. The summed E-state index contributed by atoms with van der Waals surface area (Å²) in [5.74, 6) is 0. The highest BCUT2D eigenvalue weighted by molar-refractivity contribution is 6.73. The summed E-state index contributed by atoms with van der Waals surface area (Å²) in [5.41, 5.74) is 0.772. The van der Waals surface area contributed by atoms with Crippen LogP contribution in [0.3, 0.4) is 0 Å². The second-order valence-electron chi connectivity index (χ2n) is 8.80. The van der Waals surface area contributed by atoms with Crippen LogP contribution in [0.2, 0.25) is 28.2 Å². The maximum absolute atomic E-state index is 6.81. The van der Waals surface area contributed by atoms with Gasteiger partial charge in [-0.3, -0.25) is 4.98 Å². The van der Waals surface area contributed by atoms with Gasteiger partial charge in [-0.2, -0.15) is 0 Å². The van der Waals surface area contributed by atoms with E-state index in [0.717, 1.165) is 36.5 Å². The summed E-state index contributed by atoms with van der Waals surface area (Å²) in [4.78, 5) is 4.11. The Balaban J connectivity index is 2.08. The van der Waals surface area contributed by atoms with Crippen LogP contribution in [0.5, 0.6) is 0 Å². The normalized spacial score (nSPS) is 21.4. The summed E-state index contributed by atoms with van der Waals surface area (Å²) >= 11 is 13.0. The molecule has 0 radical (unpaired) electrons. The van der Waals surface area contributed by atoms with Crippen molar-refractivity contribution in [2.75, 3.05) is 6.54 Å². The second-order valence-corrected chi connectivity index (χ2v) is 14.3. The third kappa shape index (κ3) is 6.41. The van der Waals surface area contributed by atoms with Gasteiger partial charge in [0, 0.05) is 30.5 Å². The number of pyridine rings is 1. The number of hydrogen-bond acceptors (Lipinski definition) is 4. The third-order valence-electron chi connectivity index (χ3n) is 5.74. The van der Waals surface area contributed by atoms with Gasteiger partial charge in [-0.1, -0.05) is 44.0 Å². The van der Waals surface area contributed by atoms with Gasteiger partial charge in [0.2, 0.25) is 0 Å². The Hall–Kier alpha value is -0.173. The number of nitrogens with zero attached hydrogens (tertiary/aromatic N) is 1. The first-order valence-corrected chi connectivity index (χ1v) is 13.8. The molecule has 1 unspecified atom stereocenters. The fourth-order valence-corrected chi connectivity index (χ4v) is 7.25. The van der Waals surface area contributed by atoms with Crippen molar-refractivity contribution in [2.24, 2.45) is 0 Å². The molecule has 1 heterocycles. The molecule has 160 valence electrons. The van der Waals surface area contributed by atoms with Crippen LogP contribution in [0.4, 0.5) is 0 Å². The molecule has 1 aromatic rings. The molecule has 1 aliphatic carbocycles. The zero-order valence-corrected chi connectivity index (χ0v) is 20.7. The number of halogens is 2. The van der Waals surface area contributed by atoms with Crippen LogP contribution in [0.15, 0.2) is 12.4 Å². The zero-order chi connectivity index (χ0) is 20.9. The molecular weight excluding hydrogens is 411 g/mol. The lowest BCUT2D eigenvalue weighted by Gasteiger charge is -2.41. The Kier molecular flexibility index (Phi) is 8.80. The summed E-state index contributed by atoms with van der Waals surface area (Å²) in [6, 6.07) is 3.70. The second kappa shape index (κ2) is 10.2. The average Bonchev–Trinajstić information content (AvgIpc) is 2.59. The molecule has 4 nitrogen and oxygen atoms in total. The molecule has 0 bridgehead atoms. The molecule has 0 amide bonds. The number of hydrogen-bond donors (Lipinski definition) is 1. The van der Waals surface area contributed by atoms with Crippen molar-refractivity contribution in [3.63, 3.8) is 0 Å². The van der Waals surface area contributed by atoms with Crippen LogP contribution in [-0.2, 0) is 9.16 Å². The molecule has 1 aliphatic rings. The predicted molar refractivity (Wildman–Crippen MR) is 121 cm³/mol. The van der Waals surface area contributed by atoms with Gasteiger partial charge < -0.3 is 14.5 Å². The van der Waals surface area contributed by atoms with E-state index in [0.29, 0.717) is 28.7 Å². The van der Waals surface area contributed by atoms with Crippen LogP contribution in [0.1, 0.15) is 66.1 Å². The van der Waals surface area contributed by atoms with Gasteiger partial charge in [-0.05, 0) is 51.7 Å². The summed E-state index contributed by atoms with van der Waals surface area (Å²) in [7, 11) is -1.82. The van der Waals surface area contributed by atoms with E-state index in [2.05, 4.69) is 51.8 Å². The Labute approximate surface area is 181 Å². The van der Waals surface area contributed by atoms with E-state index >= 15 is 0 Å². The lowest BCUT2D eigenvalue weighted by molar-refractivity contribution is -0.103. The average molecular weight is 448 g/mol. The van der Waals surface area contributed by atoms with E-state index < -0.39 is 8.32 Å². The Morgan fingerprint density at radius 3 is 2.11 bits per heavy atom. The molecule has 0 aromatic carbocycles. The van der Waals surface area contributed by atoms with E-state index in [-0.39, 0.29) is 11.7 Å². The Morgan fingerprint density at radius 1 is 1.11 bits per heavy atom. The maximum atomic E-state index is 6.81. The predicted octanol–water partition coefficient (Wildman–Crippen LogP) is 6.39. The Bertz CT molecular complexity index is 601. The van der Waals surface area contributed by atoms with Gasteiger partial charge in [0.25, 0.3) is 0 Å². The zero-order valence-electron chi connectivity index (χ0n) is 18.1. The van der Waals surface area contributed by atoms with Crippen molar-refractivity contribution < 1.29 is 9.16 Å². The standard InChI is InChI=1S/C21H36Cl2N2O2Si/c1-7-28(8-2,9-3)27-19(20-17(22)12-24-13-18(20)23)14-25-15-10-16(11-15)26-21(4,5)6/h12-13,15-16,19,25H,7-11,14H2,1-6H3. The number of nitrogens with one attached hydrogen (secondary N) is 1. The molecule has 2 rings (SSSR count). The first-order chi connectivity index (χ1) is 13.1. The van der Waals surface area contributed by atoms with Gasteiger partial charge in [-0.25, -0.2) is 0 Å². The number of ether oxygens (including phenoxy) is 1. The van der Waals surface area contributed by atoms with E-state index in [1.54, 1.807) is 12.4 Å². The minimum Gasteiger partial charge on any atom is -0.409 e. The molecular formula is C21H36Cl2N2O2Si. The quantitative estimate of drug-likeness (QED) is 0.422. The van der Waals surface area contributed by atoms with Crippen molar-refractivity contribution in [3.8, 4) is 0 Å². The molecule has 1 fully saturated rings. The van der Waals surface area contributed by atoms with Gasteiger partial charge in [-0.15, -0.1) is 0 Å². The summed E-state index contributed by atoms with van der Waals surface area (Å²) in [6.45, 7) is 13.7. The fraction of sp³-hybridized carbons (Fsp3) is 0.762. The minimum absolute atomic E-state index is 0.0893. The molecule has 7 heteroatoms. The summed E-state index contributed by atoms with van der Waals surface area (Å²) in [5, 5.41) is 4.82. The van der Waals surface area contributed by atoms with Gasteiger partial charge in [0.15, 0.2) is 8.32 Å². The van der Waals surface area contributed by atoms with Crippen LogP contribution in [0.25, 0.3) is 0 Å². The lowest BCUT2D eigenvalue weighted by Crippen LogP contribution is -2.49. The smallest absolute Gasteiger partial charge is 0.192 e. The molecule has 28 heavy (non-hydrogen) atoms. The topological polar surface area (TPSA) is 43.4 Å². The first-order valence-electron chi connectivity index (χ1n) is 10.5. The minimum atomic E-state index is -1.82. The number of rotatable bonds is 10. The van der Waals surface area contributed by atoms with Crippen molar-refractivity contribution in [3.05, 3.63) is 28.0 Å². The monoisotopic (exact) mass is 446 g/mol. The van der Waals surface area contributed by atoms with Crippen LogP contribution in [0, 0.1) is 0 Å². The Morgan fingerprint density at radius 2 is 1.64 bits per heavy atom.